The minimum absolute atomic E-state index is 0.488. The van der Waals surface area contributed by atoms with Crippen LogP contribution < -0.4 is 10.1 Å². The molecule has 0 saturated heterocycles. The van der Waals surface area contributed by atoms with Gasteiger partial charge in [-0.2, -0.15) is 0 Å². The molecule has 0 amide bonds. The molecule has 1 aromatic heterocycles. The van der Waals surface area contributed by atoms with Crippen LogP contribution in [0.5, 0.6) is 5.75 Å². The first kappa shape index (κ1) is 15.6. The van der Waals surface area contributed by atoms with Crippen molar-refractivity contribution in [2.75, 3.05) is 13.7 Å². The summed E-state index contributed by atoms with van der Waals surface area (Å²) >= 11 is 0. The molecule has 0 fully saturated rings. The number of nitrogens with one attached hydrogen (secondary N) is 1. The van der Waals surface area contributed by atoms with Crippen LogP contribution in [-0.4, -0.2) is 13.7 Å². The fourth-order valence-electron chi connectivity index (χ4n) is 2.03. The summed E-state index contributed by atoms with van der Waals surface area (Å²) in [5.41, 5.74) is 2.28. The lowest BCUT2D eigenvalue weighted by Gasteiger charge is -2.06. The van der Waals surface area contributed by atoms with Gasteiger partial charge in [-0.15, -0.1) is 0 Å². The molecule has 0 saturated carbocycles. The van der Waals surface area contributed by atoms with Crippen molar-refractivity contribution < 1.29 is 13.9 Å². The lowest BCUT2D eigenvalue weighted by Crippen LogP contribution is -2.14. The maximum absolute atomic E-state index is 5.72. The number of methoxy groups -OCH3 is 1. The first-order valence-electron chi connectivity index (χ1n) is 7.30. The molecule has 0 aliphatic rings. The van der Waals surface area contributed by atoms with Gasteiger partial charge in [-0.3, -0.25) is 0 Å². The molecule has 0 unspecified atom stereocenters. The Bertz CT molecular complexity index is 519. The van der Waals surface area contributed by atoms with E-state index in [2.05, 4.69) is 12.2 Å². The average Bonchev–Trinajstić information content (AvgIpc) is 2.96. The Hall–Kier alpha value is -1.78. The third-order valence-corrected chi connectivity index (χ3v) is 3.24. The Labute approximate surface area is 126 Å². The van der Waals surface area contributed by atoms with Crippen molar-refractivity contribution in [2.45, 2.75) is 33.1 Å². The molecule has 0 bridgehead atoms. The third-order valence-electron chi connectivity index (χ3n) is 3.24. The smallest absolute Gasteiger partial charge is 0.133 e. The van der Waals surface area contributed by atoms with Crippen LogP contribution in [0.2, 0.25) is 0 Å². The van der Waals surface area contributed by atoms with Crippen LogP contribution in [0.3, 0.4) is 0 Å². The summed E-state index contributed by atoms with van der Waals surface area (Å²) in [6.07, 6.45) is 2.84. The third kappa shape index (κ3) is 4.92. The Morgan fingerprint density at radius 3 is 2.62 bits per heavy atom. The Morgan fingerprint density at radius 1 is 1.10 bits per heavy atom. The summed E-state index contributed by atoms with van der Waals surface area (Å²) in [6, 6.07) is 9.88. The largest absolute Gasteiger partial charge is 0.497 e. The summed E-state index contributed by atoms with van der Waals surface area (Å²) < 4.78 is 16.3. The van der Waals surface area contributed by atoms with E-state index in [1.807, 2.05) is 30.3 Å². The van der Waals surface area contributed by atoms with Crippen LogP contribution in [0.1, 0.15) is 30.2 Å². The summed E-state index contributed by atoms with van der Waals surface area (Å²) in [4.78, 5) is 0. The SMILES string of the molecule is CCCNCc1ccoc1COCc1ccc(OC)cc1. The van der Waals surface area contributed by atoms with Crippen LogP contribution in [0.25, 0.3) is 0 Å². The Balaban J connectivity index is 1.78. The van der Waals surface area contributed by atoms with E-state index in [4.69, 9.17) is 13.9 Å². The molecule has 1 aromatic carbocycles. The van der Waals surface area contributed by atoms with E-state index in [0.717, 1.165) is 42.1 Å². The number of hydrogen-bond donors (Lipinski definition) is 1. The van der Waals surface area contributed by atoms with Gasteiger partial charge in [-0.25, -0.2) is 0 Å². The minimum atomic E-state index is 0.488. The van der Waals surface area contributed by atoms with E-state index in [1.165, 1.54) is 0 Å². The van der Waals surface area contributed by atoms with Crippen molar-refractivity contribution >= 4 is 0 Å². The maximum Gasteiger partial charge on any atom is 0.133 e. The summed E-state index contributed by atoms with van der Waals surface area (Å²) in [6.45, 7) is 5.04. The van der Waals surface area contributed by atoms with Gasteiger partial charge < -0.3 is 19.2 Å². The highest BCUT2D eigenvalue weighted by Crippen LogP contribution is 2.15. The minimum Gasteiger partial charge on any atom is -0.497 e. The van der Waals surface area contributed by atoms with E-state index in [1.54, 1.807) is 13.4 Å². The van der Waals surface area contributed by atoms with Gasteiger partial charge in [-0.1, -0.05) is 19.1 Å². The number of benzene rings is 1. The van der Waals surface area contributed by atoms with Crippen LogP contribution >= 0.6 is 0 Å². The molecule has 21 heavy (non-hydrogen) atoms. The molecule has 1 heterocycles. The molecule has 0 atom stereocenters. The van der Waals surface area contributed by atoms with Crippen LogP contribution in [0, 0.1) is 0 Å². The quantitative estimate of drug-likeness (QED) is 0.717. The molecule has 0 spiro atoms. The highest BCUT2D eigenvalue weighted by Gasteiger charge is 2.06. The van der Waals surface area contributed by atoms with E-state index in [-0.39, 0.29) is 0 Å². The van der Waals surface area contributed by atoms with Crippen molar-refractivity contribution in [3.63, 3.8) is 0 Å². The number of furan rings is 1. The molecule has 114 valence electrons. The number of rotatable bonds is 9. The van der Waals surface area contributed by atoms with Crippen molar-refractivity contribution in [1.29, 1.82) is 0 Å². The molecule has 4 nitrogen and oxygen atoms in total. The molecular weight excluding hydrogens is 266 g/mol. The van der Waals surface area contributed by atoms with Gasteiger partial charge in [0.2, 0.25) is 0 Å². The molecule has 4 heteroatoms. The fraction of sp³-hybridized carbons (Fsp3) is 0.412. The van der Waals surface area contributed by atoms with Gasteiger partial charge in [-0.05, 0) is 36.7 Å². The van der Waals surface area contributed by atoms with E-state index < -0.39 is 0 Å². The number of hydrogen-bond acceptors (Lipinski definition) is 4. The van der Waals surface area contributed by atoms with Gasteiger partial charge >= 0.3 is 0 Å². The van der Waals surface area contributed by atoms with Gasteiger partial charge in [0.15, 0.2) is 0 Å². The summed E-state index contributed by atoms with van der Waals surface area (Å²) in [5.74, 6) is 1.75. The highest BCUT2D eigenvalue weighted by atomic mass is 16.5. The van der Waals surface area contributed by atoms with Crippen molar-refractivity contribution in [3.05, 3.63) is 53.5 Å². The van der Waals surface area contributed by atoms with Crippen LogP contribution in [0.4, 0.5) is 0 Å². The Kier molecular flexibility index (Phi) is 6.31. The highest BCUT2D eigenvalue weighted by molar-refractivity contribution is 5.26. The van der Waals surface area contributed by atoms with Gasteiger partial charge in [0.25, 0.3) is 0 Å². The number of ether oxygens (including phenoxy) is 2. The van der Waals surface area contributed by atoms with Crippen molar-refractivity contribution in [2.24, 2.45) is 0 Å². The zero-order chi connectivity index (χ0) is 14.9. The van der Waals surface area contributed by atoms with E-state index >= 15 is 0 Å². The molecule has 1 N–H and O–H groups in total. The molecule has 0 aliphatic carbocycles. The fourth-order valence-corrected chi connectivity index (χ4v) is 2.03. The second-order valence-electron chi connectivity index (χ2n) is 4.89. The Morgan fingerprint density at radius 2 is 1.90 bits per heavy atom. The first-order chi connectivity index (χ1) is 10.3. The monoisotopic (exact) mass is 289 g/mol. The predicted octanol–water partition coefficient (Wildman–Crippen LogP) is 3.50. The lowest BCUT2D eigenvalue weighted by atomic mass is 10.2. The van der Waals surface area contributed by atoms with Crippen LogP contribution in [0.15, 0.2) is 41.0 Å². The summed E-state index contributed by atoms with van der Waals surface area (Å²) in [7, 11) is 1.66. The molecule has 2 rings (SSSR count). The van der Waals surface area contributed by atoms with Crippen LogP contribution in [-0.2, 0) is 24.5 Å². The van der Waals surface area contributed by atoms with E-state index in [0.29, 0.717) is 13.2 Å². The average molecular weight is 289 g/mol. The second kappa shape index (κ2) is 8.49. The van der Waals surface area contributed by atoms with Gasteiger partial charge in [0.1, 0.15) is 18.1 Å². The summed E-state index contributed by atoms with van der Waals surface area (Å²) in [5, 5.41) is 3.37. The topological polar surface area (TPSA) is 43.6 Å². The maximum atomic E-state index is 5.72. The molecule has 0 aliphatic heterocycles. The molecular formula is C17H23NO3. The predicted molar refractivity (Wildman–Crippen MR) is 82.2 cm³/mol. The molecule has 0 radical (unpaired) electrons. The first-order valence-corrected chi connectivity index (χ1v) is 7.30. The zero-order valence-electron chi connectivity index (χ0n) is 12.7. The molecule has 2 aromatic rings. The second-order valence-corrected chi connectivity index (χ2v) is 4.89. The van der Waals surface area contributed by atoms with E-state index in [9.17, 15) is 0 Å². The van der Waals surface area contributed by atoms with Gasteiger partial charge in [0, 0.05) is 12.1 Å². The van der Waals surface area contributed by atoms with Crippen molar-refractivity contribution in [1.82, 2.24) is 5.32 Å². The zero-order valence-corrected chi connectivity index (χ0v) is 12.7. The van der Waals surface area contributed by atoms with Crippen molar-refractivity contribution in [3.8, 4) is 5.75 Å². The normalized spacial score (nSPS) is 10.8. The standard InChI is InChI=1S/C17H23NO3/c1-3-9-18-11-15-8-10-21-17(15)13-20-12-14-4-6-16(19-2)7-5-14/h4-8,10,18H,3,9,11-13H2,1-2H3. The van der Waals surface area contributed by atoms with Gasteiger partial charge in [0.05, 0.1) is 20.0 Å². The lowest BCUT2D eigenvalue weighted by molar-refractivity contribution is 0.0921.